The predicted molar refractivity (Wildman–Crippen MR) is 83.8 cm³/mol. The molecule has 0 unspecified atom stereocenters. The highest BCUT2D eigenvalue weighted by atomic mass is 15.2. The molecule has 112 valence electrons. The van der Waals surface area contributed by atoms with E-state index in [4.69, 9.17) is 4.99 Å². The lowest BCUT2D eigenvalue weighted by atomic mass is 10.2. The van der Waals surface area contributed by atoms with Gasteiger partial charge in [0.2, 0.25) is 0 Å². The SMILES string of the molecule is CCCN(CC)CCN=C(NCC)NC1CCCC1. The van der Waals surface area contributed by atoms with Gasteiger partial charge in [0.15, 0.2) is 5.96 Å². The predicted octanol–water partition coefficient (Wildman–Crippen LogP) is 2.22. The van der Waals surface area contributed by atoms with Gasteiger partial charge in [-0.3, -0.25) is 4.99 Å². The van der Waals surface area contributed by atoms with E-state index in [0.29, 0.717) is 6.04 Å². The summed E-state index contributed by atoms with van der Waals surface area (Å²) in [6, 6.07) is 0.635. The number of guanidine groups is 1. The first-order chi connectivity index (χ1) is 9.30. The van der Waals surface area contributed by atoms with E-state index in [1.807, 2.05) is 0 Å². The number of nitrogens with one attached hydrogen (secondary N) is 2. The normalized spacial score (nSPS) is 17.2. The van der Waals surface area contributed by atoms with Crippen LogP contribution in [-0.4, -0.2) is 49.6 Å². The van der Waals surface area contributed by atoms with Crippen molar-refractivity contribution in [1.82, 2.24) is 15.5 Å². The van der Waals surface area contributed by atoms with Gasteiger partial charge in [0.25, 0.3) is 0 Å². The van der Waals surface area contributed by atoms with E-state index in [1.54, 1.807) is 0 Å². The van der Waals surface area contributed by atoms with Crippen molar-refractivity contribution in [2.75, 3.05) is 32.7 Å². The van der Waals surface area contributed by atoms with E-state index in [2.05, 4.69) is 36.3 Å². The van der Waals surface area contributed by atoms with Crippen LogP contribution >= 0.6 is 0 Å². The van der Waals surface area contributed by atoms with Gasteiger partial charge in [-0.2, -0.15) is 0 Å². The Bertz CT molecular complexity index is 247. The average molecular weight is 268 g/mol. The van der Waals surface area contributed by atoms with Crippen LogP contribution < -0.4 is 10.6 Å². The summed E-state index contributed by atoms with van der Waals surface area (Å²) >= 11 is 0. The van der Waals surface area contributed by atoms with Crippen LogP contribution in [0.3, 0.4) is 0 Å². The zero-order valence-electron chi connectivity index (χ0n) is 13.0. The van der Waals surface area contributed by atoms with Crippen molar-refractivity contribution in [2.45, 2.75) is 58.9 Å². The lowest BCUT2D eigenvalue weighted by Crippen LogP contribution is -2.42. The lowest BCUT2D eigenvalue weighted by molar-refractivity contribution is 0.297. The van der Waals surface area contributed by atoms with Gasteiger partial charge in [0.1, 0.15) is 0 Å². The maximum Gasteiger partial charge on any atom is 0.191 e. The standard InChI is InChI=1S/C15H32N4/c1-4-12-19(6-3)13-11-17-15(16-5-2)18-14-9-7-8-10-14/h14H,4-13H2,1-3H3,(H2,16,17,18). The number of nitrogens with zero attached hydrogens (tertiary/aromatic N) is 2. The molecule has 0 heterocycles. The molecule has 0 aliphatic heterocycles. The van der Waals surface area contributed by atoms with E-state index in [-0.39, 0.29) is 0 Å². The second kappa shape index (κ2) is 10.1. The molecule has 1 saturated carbocycles. The Morgan fingerprint density at radius 3 is 2.47 bits per heavy atom. The summed E-state index contributed by atoms with van der Waals surface area (Å²) in [5.41, 5.74) is 0. The van der Waals surface area contributed by atoms with Gasteiger partial charge in [0, 0.05) is 19.1 Å². The Labute approximate surface area is 119 Å². The molecule has 0 amide bonds. The van der Waals surface area contributed by atoms with Gasteiger partial charge in [-0.25, -0.2) is 0 Å². The molecule has 0 saturated heterocycles. The van der Waals surface area contributed by atoms with Crippen molar-refractivity contribution in [3.05, 3.63) is 0 Å². The first-order valence-electron chi connectivity index (χ1n) is 8.07. The smallest absolute Gasteiger partial charge is 0.191 e. The molecule has 19 heavy (non-hydrogen) atoms. The minimum Gasteiger partial charge on any atom is -0.357 e. The Balaban J connectivity index is 2.34. The van der Waals surface area contributed by atoms with Crippen LogP contribution in [0.25, 0.3) is 0 Å². The quantitative estimate of drug-likeness (QED) is 0.524. The van der Waals surface area contributed by atoms with E-state index < -0.39 is 0 Å². The second-order valence-corrected chi connectivity index (χ2v) is 5.32. The Kier molecular flexibility index (Phi) is 8.63. The average Bonchev–Trinajstić information content (AvgIpc) is 2.90. The largest absolute Gasteiger partial charge is 0.357 e. The third-order valence-electron chi connectivity index (χ3n) is 3.71. The Hall–Kier alpha value is -0.770. The first kappa shape index (κ1) is 16.3. The van der Waals surface area contributed by atoms with E-state index in [9.17, 15) is 0 Å². The number of aliphatic imine (C=N–C) groups is 1. The van der Waals surface area contributed by atoms with Crippen LogP contribution in [0.5, 0.6) is 0 Å². The molecule has 0 aromatic heterocycles. The summed E-state index contributed by atoms with van der Waals surface area (Å²) in [4.78, 5) is 7.16. The van der Waals surface area contributed by atoms with Gasteiger partial charge in [-0.05, 0) is 39.3 Å². The molecule has 0 atom stereocenters. The Morgan fingerprint density at radius 1 is 1.16 bits per heavy atom. The van der Waals surface area contributed by atoms with Crippen molar-refractivity contribution in [1.29, 1.82) is 0 Å². The van der Waals surface area contributed by atoms with Crippen molar-refractivity contribution in [3.8, 4) is 0 Å². The minimum atomic E-state index is 0.635. The van der Waals surface area contributed by atoms with Gasteiger partial charge >= 0.3 is 0 Å². The zero-order chi connectivity index (χ0) is 13.9. The summed E-state index contributed by atoms with van der Waals surface area (Å²) in [7, 11) is 0. The summed E-state index contributed by atoms with van der Waals surface area (Å²) in [5.74, 6) is 1.00. The summed E-state index contributed by atoms with van der Waals surface area (Å²) in [6.45, 7) is 11.8. The molecule has 0 spiro atoms. The minimum absolute atomic E-state index is 0.635. The molecule has 4 heteroatoms. The van der Waals surface area contributed by atoms with E-state index >= 15 is 0 Å². The fourth-order valence-electron chi connectivity index (χ4n) is 2.63. The molecule has 1 aliphatic carbocycles. The van der Waals surface area contributed by atoms with Crippen molar-refractivity contribution in [3.63, 3.8) is 0 Å². The maximum absolute atomic E-state index is 4.70. The molecular formula is C15H32N4. The summed E-state index contributed by atoms with van der Waals surface area (Å²) in [6.07, 6.45) is 6.52. The van der Waals surface area contributed by atoms with Crippen LogP contribution in [0.1, 0.15) is 52.9 Å². The number of rotatable bonds is 8. The van der Waals surface area contributed by atoms with Gasteiger partial charge < -0.3 is 15.5 Å². The highest BCUT2D eigenvalue weighted by Crippen LogP contribution is 2.17. The highest BCUT2D eigenvalue weighted by Gasteiger charge is 2.15. The lowest BCUT2D eigenvalue weighted by Gasteiger charge is -2.20. The number of hydrogen-bond donors (Lipinski definition) is 2. The van der Waals surface area contributed by atoms with Gasteiger partial charge in [0.05, 0.1) is 6.54 Å². The van der Waals surface area contributed by atoms with Gasteiger partial charge in [-0.1, -0.05) is 26.7 Å². The zero-order valence-corrected chi connectivity index (χ0v) is 13.0. The van der Waals surface area contributed by atoms with E-state index in [0.717, 1.165) is 32.1 Å². The molecule has 0 radical (unpaired) electrons. The molecule has 4 nitrogen and oxygen atoms in total. The van der Waals surface area contributed by atoms with Crippen LogP contribution in [0.2, 0.25) is 0 Å². The third-order valence-corrected chi connectivity index (χ3v) is 3.71. The highest BCUT2D eigenvalue weighted by molar-refractivity contribution is 5.80. The van der Waals surface area contributed by atoms with Crippen LogP contribution in [0.4, 0.5) is 0 Å². The third kappa shape index (κ3) is 6.81. The van der Waals surface area contributed by atoms with Crippen LogP contribution in [-0.2, 0) is 0 Å². The number of hydrogen-bond acceptors (Lipinski definition) is 2. The monoisotopic (exact) mass is 268 g/mol. The molecular weight excluding hydrogens is 236 g/mol. The molecule has 1 rings (SSSR count). The van der Waals surface area contributed by atoms with E-state index in [1.165, 1.54) is 38.6 Å². The van der Waals surface area contributed by atoms with Crippen LogP contribution in [0.15, 0.2) is 4.99 Å². The molecule has 1 aliphatic rings. The summed E-state index contributed by atoms with van der Waals surface area (Å²) in [5, 5.41) is 6.91. The molecule has 2 N–H and O–H groups in total. The maximum atomic E-state index is 4.70. The van der Waals surface area contributed by atoms with Gasteiger partial charge in [-0.15, -0.1) is 0 Å². The molecule has 0 aromatic carbocycles. The van der Waals surface area contributed by atoms with Crippen LogP contribution in [0, 0.1) is 0 Å². The topological polar surface area (TPSA) is 39.7 Å². The summed E-state index contributed by atoms with van der Waals surface area (Å²) < 4.78 is 0. The Morgan fingerprint density at radius 2 is 1.89 bits per heavy atom. The first-order valence-corrected chi connectivity index (χ1v) is 8.07. The molecule has 0 bridgehead atoms. The fraction of sp³-hybridized carbons (Fsp3) is 0.933. The van der Waals surface area contributed by atoms with Crippen molar-refractivity contribution >= 4 is 5.96 Å². The van der Waals surface area contributed by atoms with Crippen molar-refractivity contribution < 1.29 is 0 Å². The fourth-order valence-corrected chi connectivity index (χ4v) is 2.63. The molecule has 0 aromatic rings. The molecule has 1 fully saturated rings. The number of likely N-dealkylation sites (N-methyl/N-ethyl adjacent to an activating group) is 1. The second-order valence-electron chi connectivity index (χ2n) is 5.32. The van der Waals surface area contributed by atoms with Crippen molar-refractivity contribution in [2.24, 2.45) is 4.99 Å².